The van der Waals surface area contributed by atoms with Gasteiger partial charge in [0.15, 0.2) is 5.78 Å². The van der Waals surface area contributed by atoms with Crippen LogP contribution < -0.4 is 0 Å². The van der Waals surface area contributed by atoms with Crippen LogP contribution in [0.25, 0.3) is 6.08 Å². The van der Waals surface area contributed by atoms with Gasteiger partial charge in [-0.1, -0.05) is 52.3 Å². The quantitative estimate of drug-likeness (QED) is 0.224. The van der Waals surface area contributed by atoms with Crippen molar-refractivity contribution in [1.82, 2.24) is 0 Å². The fourth-order valence-corrected chi connectivity index (χ4v) is 11.9. The monoisotopic (exact) mass is 634 g/mol. The van der Waals surface area contributed by atoms with Crippen LogP contribution >= 0.6 is 0 Å². The lowest BCUT2D eigenvalue weighted by Crippen LogP contribution is -2.60. The predicted molar refractivity (Wildman–Crippen MR) is 176 cm³/mol. The van der Waals surface area contributed by atoms with Crippen LogP contribution in [0.2, 0.25) is 0 Å². The van der Waals surface area contributed by atoms with Gasteiger partial charge < -0.3 is 25.2 Å². The number of phenols is 1. The second-order valence-electron chi connectivity index (χ2n) is 17.0. The Hall–Kier alpha value is -2.48. The van der Waals surface area contributed by atoms with E-state index in [1.54, 1.807) is 30.3 Å². The van der Waals surface area contributed by atoms with Gasteiger partial charge in [-0.25, -0.2) is 4.79 Å². The van der Waals surface area contributed by atoms with E-state index >= 15 is 0 Å². The van der Waals surface area contributed by atoms with Gasteiger partial charge in [-0.2, -0.15) is 0 Å². The summed E-state index contributed by atoms with van der Waals surface area (Å²) in [6.45, 7) is 11.0. The number of esters is 1. The first-order chi connectivity index (χ1) is 21.6. The number of aliphatic hydroxyl groups excluding tert-OH is 3. The van der Waals surface area contributed by atoms with E-state index in [9.17, 15) is 30.0 Å². The van der Waals surface area contributed by atoms with E-state index in [4.69, 9.17) is 4.74 Å². The number of allylic oxidation sites excluding steroid dienone is 2. The highest BCUT2D eigenvalue weighted by atomic mass is 16.5. The van der Waals surface area contributed by atoms with E-state index in [0.29, 0.717) is 18.8 Å². The highest BCUT2D eigenvalue weighted by molar-refractivity contribution is 5.95. The van der Waals surface area contributed by atoms with Crippen molar-refractivity contribution < 1.29 is 34.8 Å². The number of ketones is 1. The molecule has 0 spiro atoms. The molecule has 252 valence electrons. The van der Waals surface area contributed by atoms with Crippen molar-refractivity contribution in [2.75, 3.05) is 13.2 Å². The van der Waals surface area contributed by atoms with E-state index < -0.39 is 34.9 Å². The summed E-state index contributed by atoms with van der Waals surface area (Å²) in [6.07, 6.45) is 11.4. The molecule has 0 aromatic heterocycles. The van der Waals surface area contributed by atoms with Gasteiger partial charge in [-0.15, -0.1) is 0 Å². The molecular weight excluding hydrogens is 580 g/mol. The number of rotatable bonds is 5. The number of hydrogen-bond donors (Lipinski definition) is 4. The first-order valence-corrected chi connectivity index (χ1v) is 17.5. The zero-order valence-electron chi connectivity index (χ0n) is 28.3. The van der Waals surface area contributed by atoms with Crippen molar-refractivity contribution in [1.29, 1.82) is 0 Å². The van der Waals surface area contributed by atoms with Gasteiger partial charge in [-0.3, -0.25) is 4.79 Å². The second kappa shape index (κ2) is 11.6. The van der Waals surface area contributed by atoms with Gasteiger partial charge in [0.25, 0.3) is 0 Å². The van der Waals surface area contributed by atoms with Crippen molar-refractivity contribution in [3.63, 3.8) is 0 Å². The summed E-state index contributed by atoms with van der Waals surface area (Å²) in [6, 6.07) is 6.51. The molecule has 0 saturated heterocycles. The first kappa shape index (κ1) is 33.4. The molecule has 7 heteroatoms. The third-order valence-electron chi connectivity index (χ3n) is 14.4. The minimum absolute atomic E-state index is 0.00120. The third kappa shape index (κ3) is 5.11. The van der Waals surface area contributed by atoms with Gasteiger partial charge in [0, 0.05) is 22.8 Å². The molecule has 6 rings (SSSR count). The van der Waals surface area contributed by atoms with E-state index in [1.807, 2.05) is 13.0 Å². The number of aliphatic hydroxyl groups is 3. The number of hydrogen-bond acceptors (Lipinski definition) is 7. The SMILES string of the molecule is CC12CCC3C(C)(CO)C(O)CCC3(C)C1CCC1C(=CC(=O)C3C(C)(COC(=O)C=Cc4ccc(O)cc4)C(O)CCC13C)C2. The number of ether oxygens (including phenoxy) is 1. The van der Waals surface area contributed by atoms with Gasteiger partial charge in [0.05, 0.1) is 18.8 Å². The molecule has 4 saturated carbocycles. The molecular formula is C39H54O7. The topological polar surface area (TPSA) is 124 Å². The maximum absolute atomic E-state index is 14.2. The van der Waals surface area contributed by atoms with Gasteiger partial charge in [0.1, 0.15) is 12.4 Å². The summed E-state index contributed by atoms with van der Waals surface area (Å²) in [4.78, 5) is 27.1. The molecule has 1 aromatic rings. The molecule has 4 N–H and O–H groups in total. The Morgan fingerprint density at radius 1 is 0.870 bits per heavy atom. The fraction of sp³-hybridized carbons (Fsp3) is 0.692. The van der Waals surface area contributed by atoms with Crippen LogP contribution in [-0.2, 0) is 14.3 Å². The lowest BCUT2D eigenvalue weighted by atomic mass is 9.42. The molecule has 46 heavy (non-hydrogen) atoms. The zero-order chi connectivity index (χ0) is 33.3. The van der Waals surface area contributed by atoms with Crippen LogP contribution in [0.15, 0.2) is 42.0 Å². The Morgan fingerprint density at radius 2 is 1.52 bits per heavy atom. The van der Waals surface area contributed by atoms with Crippen LogP contribution in [0.4, 0.5) is 0 Å². The van der Waals surface area contributed by atoms with Crippen molar-refractivity contribution in [3.8, 4) is 5.75 Å². The minimum atomic E-state index is -0.920. The molecule has 4 fully saturated rings. The minimum Gasteiger partial charge on any atom is -0.508 e. The van der Waals surface area contributed by atoms with Crippen molar-refractivity contribution in [3.05, 3.63) is 47.6 Å². The normalized spacial score (nSPS) is 45.5. The number of phenolic OH excluding ortho intramolecular Hbond substituents is 1. The average molecular weight is 635 g/mol. The fourth-order valence-electron chi connectivity index (χ4n) is 11.9. The smallest absolute Gasteiger partial charge is 0.330 e. The van der Waals surface area contributed by atoms with Crippen LogP contribution in [0.5, 0.6) is 5.75 Å². The lowest BCUT2D eigenvalue weighted by Gasteiger charge is -2.64. The Bertz CT molecular complexity index is 1420. The Balaban J connectivity index is 1.26. The van der Waals surface area contributed by atoms with Gasteiger partial charge in [-0.05, 0) is 122 Å². The molecule has 0 bridgehead atoms. The number of benzene rings is 1. The third-order valence-corrected chi connectivity index (χ3v) is 14.4. The second-order valence-corrected chi connectivity index (χ2v) is 17.0. The lowest BCUT2D eigenvalue weighted by molar-refractivity contribution is -0.189. The van der Waals surface area contributed by atoms with Gasteiger partial charge in [0.2, 0.25) is 0 Å². The molecule has 0 heterocycles. The van der Waals surface area contributed by atoms with Crippen molar-refractivity contribution in [2.45, 2.75) is 105 Å². The summed E-state index contributed by atoms with van der Waals surface area (Å²) in [5.74, 6) is 0.0608. The largest absolute Gasteiger partial charge is 0.508 e. The number of fused-ring (bicyclic) bond motifs is 6. The predicted octanol–water partition coefficient (Wildman–Crippen LogP) is 6.23. The summed E-state index contributed by atoms with van der Waals surface area (Å²) in [5, 5.41) is 42.5. The number of carbonyl (C=O) groups excluding carboxylic acids is 2. The van der Waals surface area contributed by atoms with Gasteiger partial charge >= 0.3 is 5.97 Å². The first-order valence-electron chi connectivity index (χ1n) is 17.5. The molecule has 1 aromatic carbocycles. The molecule has 0 aliphatic heterocycles. The standard InChI is InChI=1S/C39H54O7/c1-35-17-14-30-37(3,19-16-31(43)38(30,4)22-40)29(35)12-11-27-25(21-35)20-28(42)34-36(27,2)18-15-32(44)39(34,5)23-46-33(45)13-8-24-6-9-26(41)10-7-24/h6-10,13,20,27,29-32,34,40-41,43-44H,11-12,14-19,21-23H2,1-5H3. The molecule has 7 nitrogen and oxygen atoms in total. The highest BCUT2D eigenvalue weighted by Gasteiger charge is 2.65. The van der Waals surface area contributed by atoms with Crippen LogP contribution in [0.1, 0.15) is 98.0 Å². The number of aromatic hydroxyl groups is 1. The summed E-state index contributed by atoms with van der Waals surface area (Å²) in [5.41, 5.74) is 0.250. The molecule has 5 aliphatic carbocycles. The Morgan fingerprint density at radius 3 is 2.20 bits per heavy atom. The molecule has 5 aliphatic rings. The molecule has 0 radical (unpaired) electrons. The van der Waals surface area contributed by atoms with Crippen molar-refractivity contribution >= 4 is 17.8 Å². The van der Waals surface area contributed by atoms with Crippen LogP contribution in [-0.4, -0.2) is 57.6 Å². The number of carbonyl (C=O) groups is 2. The average Bonchev–Trinajstić information content (AvgIpc) is 3.17. The molecule has 11 unspecified atom stereocenters. The Labute approximate surface area is 274 Å². The maximum atomic E-state index is 14.2. The Kier molecular flexibility index (Phi) is 8.42. The summed E-state index contributed by atoms with van der Waals surface area (Å²) in [7, 11) is 0. The maximum Gasteiger partial charge on any atom is 0.330 e. The van der Waals surface area contributed by atoms with E-state index in [0.717, 1.165) is 50.5 Å². The summed E-state index contributed by atoms with van der Waals surface area (Å²) < 4.78 is 5.76. The summed E-state index contributed by atoms with van der Waals surface area (Å²) >= 11 is 0. The molecule has 0 amide bonds. The van der Waals surface area contributed by atoms with E-state index in [-0.39, 0.29) is 52.8 Å². The van der Waals surface area contributed by atoms with Crippen LogP contribution in [0.3, 0.4) is 0 Å². The zero-order valence-corrected chi connectivity index (χ0v) is 28.3. The van der Waals surface area contributed by atoms with Crippen LogP contribution in [0, 0.1) is 50.7 Å². The van der Waals surface area contributed by atoms with E-state index in [2.05, 4.69) is 27.7 Å². The van der Waals surface area contributed by atoms with Crippen molar-refractivity contribution in [2.24, 2.45) is 50.7 Å². The molecule has 11 atom stereocenters. The highest BCUT2D eigenvalue weighted by Crippen LogP contribution is 2.70. The van der Waals surface area contributed by atoms with E-state index in [1.165, 1.54) is 11.6 Å².